The average Bonchev–Trinajstić information content (AvgIpc) is 2.42. The highest BCUT2D eigenvalue weighted by molar-refractivity contribution is 5.73. The molecule has 3 N–H and O–H groups in total. The molecule has 6 heteroatoms. The number of carbonyl (C=O) groups excluding carboxylic acids is 1. The third kappa shape index (κ3) is 6.94. The van der Waals surface area contributed by atoms with Gasteiger partial charge in [-0.1, -0.05) is 19.4 Å². The third-order valence-corrected chi connectivity index (χ3v) is 2.57. The van der Waals surface area contributed by atoms with Gasteiger partial charge in [0.25, 0.3) is 0 Å². The maximum absolute atomic E-state index is 12.9. The Morgan fingerprint density at radius 3 is 2.95 bits per heavy atom. The Morgan fingerprint density at radius 1 is 1.45 bits per heavy atom. The van der Waals surface area contributed by atoms with E-state index in [9.17, 15) is 14.3 Å². The first-order valence-corrected chi connectivity index (χ1v) is 6.70. The molecule has 0 spiro atoms. The molecule has 0 aliphatic rings. The zero-order valence-electron chi connectivity index (χ0n) is 11.6. The maximum atomic E-state index is 12.9. The van der Waals surface area contributed by atoms with E-state index in [0.717, 1.165) is 6.42 Å². The van der Waals surface area contributed by atoms with E-state index in [-0.39, 0.29) is 25.0 Å². The van der Waals surface area contributed by atoms with E-state index in [2.05, 4.69) is 10.6 Å². The van der Waals surface area contributed by atoms with Crippen molar-refractivity contribution < 1.29 is 19.0 Å². The van der Waals surface area contributed by atoms with Gasteiger partial charge in [0.15, 0.2) is 0 Å². The van der Waals surface area contributed by atoms with Crippen molar-refractivity contribution >= 4 is 6.03 Å². The van der Waals surface area contributed by atoms with Gasteiger partial charge in [0.05, 0.1) is 12.6 Å². The summed E-state index contributed by atoms with van der Waals surface area (Å²) in [5.41, 5.74) is 0. The van der Waals surface area contributed by atoms with Crippen LogP contribution in [0.5, 0.6) is 5.75 Å². The molecule has 112 valence electrons. The molecule has 2 amide bonds. The second kappa shape index (κ2) is 9.14. The topological polar surface area (TPSA) is 70.6 Å². The molecule has 20 heavy (non-hydrogen) atoms. The van der Waals surface area contributed by atoms with Gasteiger partial charge in [0.2, 0.25) is 0 Å². The molecule has 1 atom stereocenters. The zero-order chi connectivity index (χ0) is 14.8. The van der Waals surface area contributed by atoms with E-state index in [1.165, 1.54) is 12.1 Å². The van der Waals surface area contributed by atoms with Crippen LogP contribution in [0.4, 0.5) is 9.18 Å². The number of rotatable bonds is 8. The number of hydrogen-bond donors (Lipinski definition) is 3. The van der Waals surface area contributed by atoms with Crippen molar-refractivity contribution in [2.75, 3.05) is 19.7 Å². The van der Waals surface area contributed by atoms with Crippen LogP contribution in [0.2, 0.25) is 0 Å². The van der Waals surface area contributed by atoms with E-state index >= 15 is 0 Å². The highest BCUT2D eigenvalue weighted by atomic mass is 19.1. The molecule has 0 saturated carbocycles. The molecule has 5 nitrogen and oxygen atoms in total. The van der Waals surface area contributed by atoms with Gasteiger partial charge in [-0.15, -0.1) is 0 Å². The van der Waals surface area contributed by atoms with Crippen molar-refractivity contribution in [3.8, 4) is 5.75 Å². The normalized spacial score (nSPS) is 11.8. The summed E-state index contributed by atoms with van der Waals surface area (Å²) in [6.45, 7) is 2.73. The first-order chi connectivity index (χ1) is 9.61. The standard InChI is InChI=1S/C14H21FN2O3/c1-2-4-12(18)10-17-14(19)16-7-8-20-13-6-3-5-11(15)9-13/h3,5-6,9,12,18H,2,4,7-8,10H2,1H3,(H2,16,17,19). The fourth-order valence-corrected chi connectivity index (χ4v) is 1.60. The molecule has 0 heterocycles. The number of aliphatic hydroxyl groups excluding tert-OH is 1. The van der Waals surface area contributed by atoms with Gasteiger partial charge in [0.1, 0.15) is 18.2 Å². The number of urea groups is 1. The molecule has 0 aliphatic carbocycles. The number of amides is 2. The summed E-state index contributed by atoms with van der Waals surface area (Å²) in [5, 5.41) is 14.6. The van der Waals surface area contributed by atoms with Gasteiger partial charge in [-0.05, 0) is 18.6 Å². The molecule has 1 aromatic rings. The Labute approximate surface area is 118 Å². The zero-order valence-corrected chi connectivity index (χ0v) is 11.6. The first kappa shape index (κ1) is 16.2. The lowest BCUT2D eigenvalue weighted by Crippen LogP contribution is -2.41. The van der Waals surface area contributed by atoms with Gasteiger partial charge >= 0.3 is 6.03 Å². The van der Waals surface area contributed by atoms with Crippen molar-refractivity contribution in [1.82, 2.24) is 10.6 Å². The van der Waals surface area contributed by atoms with Crippen molar-refractivity contribution in [2.24, 2.45) is 0 Å². The molecule has 0 aromatic heterocycles. The molecule has 0 fully saturated rings. The van der Waals surface area contributed by atoms with E-state index in [0.29, 0.717) is 18.7 Å². The van der Waals surface area contributed by atoms with Crippen LogP contribution in [0.25, 0.3) is 0 Å². The molecule has 0 aliphatic heterocycles. The van der Waals surface area contributed by atoms with E-state index < -0.39 is 6.10 Å². The lowest BCUT2D eigenvalue weighted by Gasteiger charge is -2.12. The van der Waals surface area contributed by atoms with Crippen molar-refractivity contribution in [2.45, 2.75) is 25.9 Å². The van der Waals surface area contributed by atoms with Crippen molar-refractivity contribution in [1.29, 1.82) is 0 Å². The minimum absolute atomic E-state index is 0.227. The number of benzene rings is 1. The summed E-state index contributed by atoms with van der Waals surface area (Å²) < 4.78 is 18.1. The van der Waals surface area contributed by atoms with Gasteiger partial charge in [-0.25, -0.2) is 9.18 Å². The lowest BCUT2D eigenvalue weighted by molar-refractivity contribution is 0.160. The number of halogens is 1. The monoisotopic (exact) mass is 284 g/mol. The molecule has 0 saturated heterocycles. The van der Waals surface area contributed by atoms with Gasteiger partial charge < -0.3 is 20.5 Å². The number of aliphatic hydroxyl groups is 1. The highest BCUT2D eigenvalue weighted by Crippen LogP contribution is 2.11. The van der Waals surface area contributed by atoms with E-state index in [1.807, 2.05) is 6.92 Å². The van der Waals surface area contributed by atoms with Gasteiger partial charge in [-0.2, -0.15) is 0 Å². The van der Waals surface area contributed by atoms with Crippen LogP contribution in [-0.2, 0) is 0 Å². The van der Waals surface area contributed by atoms with E-state index in [4.69, 9.17) is 4.74 Å². The summed E-state index contributed by atoms with van der Waals surface area (Å²) in [5.74, 6) is 0.0590. The minimum atomic E-state index is -0.519. The van der Waals surface area contributed by atoms with Crippen LogP contribution in [-0.4, -0.2) is 36.9 Å². The fraction of sp³-hybridized carbons (Fsp3) is 0.500. The fourth-order valence-electron chi connectivity index (χ4n) is 1.60. The van der Waals surface area contributed by atoms with Crippen LogP contribution in [0, 0.1) is 5.82 Å². The molecular weight excluding hydrogens is 263 g/mol. The molecule has 0 radical (unpaired) electrons. The molecule has 1 aromatic carbocycles. The Hall–Kier alpha value is -1.82. The summed E-state index contributed by atoms with van der Waals surface area (Å²) in [4.78, 5) is 11.4. The van der Waals surface area contributed by atoms with Crippen LogP contribution in [0.15, 0.2) is 24.3 Å². The first-order valence-electron chi connectivity index (χ1n) is 6.70. The summed E-state index contributed by atoms with van der Waals surface area (Å²) >= 11 is 0. The Morgan fingerprint density at radius 2 is 2.25 bits per heavy atom. The average molecular weight is 284 g/mol. The SMILES string of the molecule is CCCC(O)CNC(=O)NCCOc1cccc(F)c1. The maximum Gasteiger partial charge on any atom is 0.315 e. The minimum Gasteiger partial charge on any atom is -0.492 e. The second-order valence-corrected chi connectivity index (χ2v) is 4.39. The largest absolute Gasteiger partial charge is 0.492 e. The molecular formula is C14H21FN2O3. The molecule has 1 rings (SSSR count). The van der Waals surface area contributed by atoms with Crippen molar-refractivity contribution in [3.63, 3.8) is 0 Å². The number of nitrogens with one attached hydrogen (secondary N) is 2. The Bertz CT molecular complexity index is 415. The van der Waals surface area contributed by atoms with Crippen molar-refractivity contribution in [3.05, 3.63) is 30.1 Å². The number of hydrogen-bond acceptors (Lipinski definition) is 3. The molecule has 1 unspecified atom stereocenters. The quantitative estimate of drug-likeness (QED) is 0.636. The number of ether oxygens (including phenoxy) is 1. The predicted molar refractivity (Wildman–Crippen MR) is 74.2 cm³/mol. The van der Waals surface area contributed by atoms with Crippen LogP contribution in [0.3, 0.4) is 0 Å². The number of carbonyl (C=O) groups is 1. The Balaban J connectivity index is 2.10. The smallest absolute Gasteiger partial charge is 0.315 e. The van der Waals surface area contributed by atoms with Gasteiger partial charge in [0, 0.05) is 12.6 Å². The third-order valence-electron chi connectivity index (χ3n) is 2.57. The summed E-state index contributed by atoms with van der Waals surface area (Å²) in [6, 6.07) is 5.45. The van der Waals surface area contributed by atoms with Crippen LogP contribution >= 0.6 is 0 Å². The van der Waals surface area contributed by atoms with Crippen LogP contribution in [0.1, 0.15) is 19.8 Å². The predicted octanol–water partition coefficient (Wildman–Crippen LogP) is 1.66. The lowest BCUT2D eigenvalue weighted by atomic mass is 10.2. The second-order valence-electron chi connectivity index (χ2n) is 4.39. The summed E-state index contributed by atoms with van der Waals surface area (Å²) in [7, 11) is 0. The summed E-state index contributed by atoms with van der Waals surface area (Å²) in [6.07, 6.45) is 1.00. The molecule has 0 bridgehead atoms. The Kier molecular flexibility index (Phi) is 7.42. The van der Waals surface area contributed by atoms with E-state index in [1.54, 1.807) is 12.1 Å². The highest BCUT2D eigenvalue weighted by Gasteiger charge is 2.05. The van der Waals surface area contributed by atoms with Gasteiger partial charge in [-0.3, -0.25) is 0 Å². The van der Waals surface area contributed by atoms with Crippen LogP contribution < -0.4 is 15.4 Å².